The normalized spacial score (nSPS) is 18.4. The first kappa shape index (κ1) is 14.9. The van der Waals surface area contributed by atoms with E-state index in [9.17, 15) is 9.90 Å². The van der Waals surface area contributed by atoms with Crippen molar-refractivity contribution in [3.05, 3.63) is 29.3 Å². The van der Waals surface area contributed by atoms with Gasteiger partial charge in [0.25, 0.3) is 0 Å². The summed E-state index contributed by atoms with van der Waals surface area (Å²) in [5.41, 5.74) is 2.02. The molecule has 0 bridgehead atoms. The Hall–Kier alpha value is -1.55. The predicted octanol–water partition coefficient (Wildman–Crippen LogP) is 2.13. The molecule has 0 aromatic heterocycles. The number of hydrogen-bond donors (Lipinski definition) is 3. The van der Waals surface area contributed by atoms with Gasteiger partial charge in [-0.1, -0.05) is 6.07 Å². The number of amides is 1. The van der Waals surface area contributed by atoms with Crippen molar-refractivity contribution in [1.82, 2.24) is 10.6 Å². The van der Waals surface area contributed by atoms with Gasteiger partial charge in [-0.25, -0.2) is 0 Å². The molecule has 0 radical (unpaired) electrons. The molecule has 0 saturated heterocycles. The van der Waals surface area contributed by atoms with E-state index in [0.717, 1.165) is 19.3 Å². The van der Waals surface area contributed by atoms with Crippen LogP contribution in [0.4, 0.5) is 0 Å². The van der Waals surface area contributed by atoms with Gasteiger partial charge in [0.15, 0.2) is 0 Å². The van der Waals surface area contributed by atoms with E-state index < -0.39 is 5.41 Å². The number of hydrogen-bond acceptors (Lipinski definition) is 3. The second-order valence-electron chi connectivity index (χ2n) is 6.17. The van der Waals surface area contributed by atoms with Crippen molar-refractivity contribution in [3.63, 3.8) is 0 Å². The van der Waals surface area contributed by atoms with Crippen LogP contribution in [0.1, 0.15) is 43.9 Å². The van der Waals surface area contributed by atoms with Crippen molar-refractivity contribution in [3.8, 4) is 5.75 Å². The summed E-state index contributed by atoms with van der Waals surface area (Å²) in [6.45, 7) is 4.49. The van der Waals surface area contributed by atoms with Crippen LogP contribution in [0.3, 0.4) is 0 Å². The van der Waals surface area contributed by atoms with Crippen LogP contribution in [0.2, 0.25) is 0 Å². The van der Waals surface area contributed by atoms with Gasteiger partial charge in [-0.2, -0.15) is 0 Å². The molecule has 1 aliphatic carbocycles. The number of benzene rings is 1. The van der Waals surface area contributed by atoms with Gasteiger partial charge < -0.3 is 15.7 Å². The predicted molar refractivity (Wildman–Crippen MR) is 79.6 cm³/mol. The van der Waals surface area contributed by atoms with Crippen molar-refractivity contribution in [2.45, 2.75) is 39.2 Å². The van der Waals surface area contributed by atoms with Gasteiger partial charge in [0.1, 0.15) is 5.75 Å². The number of aryl methyl sites for hydroxylation is 1. The topological polar surface area (TPSA) is 61.4 Å². The molecular formula is C16H24N2O2. The maximum Gasteiger partial charge on any atom is 0.226 e. The zero-order valence-corrected chi connectivity index (χ0v) is 12.5. The number of phenols is 1. The molecule has 1 atom stereocenters. The SMILES string of the molecule is CNC(=O)C(C)(C)CNC1CCCc2ccc(O)cc21. The molecule has 1 unspecified atom stereocenters. The summed E-state index contributed by atoms with van der Waals surface area (Å²) in [5.74, 6) is 0.347. The van der Waals surface area contributed by atoms with Crippen LogP contribution in [0.15, 0.2) is 18.2 Å². The minimum Gasteiger partial charge on any atom is -0.508 e. The number of nitrogens with one attached hydrogen (secondary N) is 2. The lowest BCUT2D eigenvalue weighted by Gasteiger charge is -2.30. The Kier molecular flexibility index (Phi) is 4.33. The van der Waals surface area contributed by atoms with E-state index in [0.29, 0.717) is 12.3 Å². The van der Waals surface area contributed by atoms with Crippen LogP contribution in [-0.4, -0.2) is 24.6 Å². The zero-order chi connectivity index (χ0) is 14.8. The number of aromatic hydroxyl groups is 1. The first-order valence-electron chi connectivity index (χ1n) is 7.21. The Balaban J connectivity index is 2.09. The molecule has 4 nitrogen and oxygen atoms in total. The van der Waals surface area contributed by atoms with Gasteiger partial charge in [-0.05, 0) is 56.4 Å². The van der Waals surface area contributed by atoms with Gasteiger partial charge >= 0.3 is 0 Å². The molecule has 4 heteroatoms. The molecule has 1 amide bonds. The van der Waals surface area contributed by atoms with Crippen LogP contribution in [0.25, 0.3) is 0 Å². The lowest BCUT2D eigenvalue weighted by Crippen LogP contribution is -2.43. The molecule has 20 heavy (non-hydrogen) atoms. The molecule has 1 aromatic carbocycles. The third kappa shape index (κ3) is 3.12. The van der Waals surface area contributed by atoms with Crippen molar-refractivity contribution >= 4 is 5.91 Å². The molecule has 1 aliphatic rings. The van der Waals surface area contributed by atoms with Gasteiger partial charge in [0, 0.05) is 19.6 Å². The van der Waals surface area contributed by atoms with Crippen LogP contribution < -0.4 is 10.6 Å². The molecule has 0 spiro atoms. The average Bonchev–Trinajstić information content (AvgIpc) is 2.44. The fourth-order valence-electron chi connectivity index (χ4n) is 2.80. The fraction of sp³-hybridized carbons (Fsp3) is 0.562. The van der Waals surface area contributed by atoms with Gasteiger partial charge in [-0.3, -0.25) is 4.79 Å². The molecule has 0 fully saturated rings. The summed E-state index contributed by atoms with van der Waals surface area (Å²) < 4.78 is 0. The quantitative estimate of drug-likeness (QED) is 0.789. The van der Waals surface area contributed by atoms with Crippen molar-refractivity contribution in [1.29, 1.82) is 0 Å². The smallest absolute Gasteiger partial charge is 0.226 e. The molecule has 1 aromatic rings. The molecule has 2 rings (SSSR count). The highest BCUT2D eigenvalue weighted by atomic mass is 16.3. The molecule has 3 N–H and O–H groups in total. The molecule has 0 saturated carbocycles. The summed E-state index contributed by atoms with van der Waals surface area (Å²) >= 11 is 0. The second kappa shape index (κ2) is 5.83. The summed E-state index contributed by atoms with van der Waals surface area (Å²) in [7, 11) is 1.66. The third-order valence-corrected chi connectivity index (χ3v) is 4.08. The maximum atomic E-state index is 11.8. The minimum absolute atomic E-state index is 0.0388. The summed E-state index contributed by atoms with van der Waals surface area (Å²) in [5, 5.41) is 15.9. The first-order valence-corrected chi connectivity index (χ1v) is 7.21. The van der Waals surface area contributed by atoms with E-state index in [4.69, 9.17) is 0 Å². The first-order chi connectivity index (χ1) is 9.44. The van der Waals surface area contributed by atoms with Crippen molar-refractivity contribution in [2.75, 3.05) is 13.6 Å². The lowest BCUT2D eigenvalue weighted by atomic mass is 9.86. The van der Waals surface area contributed by atoms with Crippen LogP contribution in [-0.2, 0) is 11.2 Å². The number of rotatable bonds is 4. The van der Waals surface area contributed by atoms with E-state index in [2.05, 4.69) is 10.6 Å². The highest BCUT2D eigenvalue weighted by Crippen LogP contribution is 2.32. The lowest BCUT2D eigenvalue weighted by molar-refractivity contribution is -0.128. The molecule has 0 heterocycles. The standard InChI is InChI=1S/C16H24N2O2/c1-16(2,15(20)17-3)10-18-14-6-4-5-11-7-8-12(19)9-13(11)14/h7-9,14,18-19H,4-6,10H2,1-3H3,(H,17,20). The molecule has 110 valence electrons. The number of carbonyl (C=O) groups is 1. The maximum absolute atomic E-state index is 11.8. The highest BCUT2D eigenvalue weighted by molar-refractivity contribution is 5.81. The Bertz CT molecular complexity index is 497. The Morgan fingerprint density at radius 2 is 2.20 bits per heavy atom. The Labute approximate surface area is 120 Å². The van der Waals surface area contributed by atoms with Gasteiger partial charge in [0.05, 0.1) is 5.41 Å². The summed E-state index contributed by atoms with van der Waals surface area (Å²) in [6, 6.07) is 5.81. The molecule has 0 aliphatic heterocycles. The Morgan fingerprint density at radius 1 is 1.45 bits per heavy atom. The van der Waals surface area contributed by atoms with E-state index in [-0.39, 0.29) is 11.9 Å². The number of phenolic OH excluding ortho intramolecular Hbond substituents is 1. The van der Waals surface area contributed by atoms with Gasteiger partial charge in [-0.15, -0.1) is 0 Å². The van der Waals surface area contributed by atoms with Crippen LogP contribution in [0.5, 0.6) is 5.75 Å². The van der Waals surface area contributed by atoms with E-state index >= 15 is 0 Å². The van der Waals surface area contributed by atoms with E-state index in [1.165, 1.54) is 11.1 Å². The number of carbonyl (C=O) groups excluding carboxylic acids is 1. The van der Waals surface area contributed by atoms with Crippen molar-refractivity contribution < 1.29 is 9.90 Å². The average molecular weight is 276 g/mol. The van der Waals surface area contributed by atoms with E-state index in [1.807, 2.05) is 26.0 Å². The monoisotopic (exact) mass is 276 g/mol. The van der Waals surface area contributed by atoms with Gasteiger partial charge in [0.2, 0.25) is 5.91 Å². The second-order valence-corrected chi connectivity index (χ2v) is 6.17. The highest BCUT2D eigenvalue weighted by Gasteiger charge is 2.29. The molecular weight excluding hydrogens is 252 g/mol. The number of fused-ring (bicyclic) bond motifs is 1. The van der Waals surface area contributed by atoms with Crippen LogP contribution >= 0.6 is 0 Å². The third-order valence-electron chi connectivity index (χ3n) is 4.08. The minimum atomic E-state index is -0.441. The van der Waals surface area contributed by atoms with Crippen LogP contribution in [0, 0.1) is 5.41 Å². The summed E-state index contributed by atoms with van der Waals surface area (Å²) in [4.78, 5) is 11.8. The largest absolute Gasteiger partial charge is 0.508 e. The fourth-order valence-corrected chi connectivity index (χ4v) is 2.80. The van der Waals surface area contributed by atoms with Crippen molar-refractivity contribution in [2.24, 2.45) is 5.41 Å². The van der Waals surface area contributed by atoms with E-state index in [1.54, 1.807) is 13.1 Å². The summed E-state index contributed by atoms with van der Waals surface area (Å²) in [6.07, 6.45) is 3.24. The zero-order valence-electron chi connectivity index (χ0n) is 12.5. The Morgan fingerprint density at radius 3 is 2.90 bits per heavy atom.